The quantitative estimate of drug-likeness (QED) is 0.448. The zero-order valence-corrected chi connectivity index (χ0v) is 21.2. The lowest BCUT2D eigenvalue weighted by Crippen LogP contribution is -2.61. The van der Waals surface area contributed by atoms with Gasteiger partial charge in [-0.1, -0.05) is 22.7 Å². The predicted molar refractivity (Wildman–Crippen MR) is 133 cm³/mol. The van der Waals surface area contributed by atoms with Gasteiger partial charge < -0.3 is 10.2 Å². The summed E-state index contributed by atoms with van der Waals surface area (Å²) in [7, 11) is 2.16. The van der Waals surface area contributed by atoms with Crippen LogP contribution in [-0.4, -0.2) is 53.9 Å². The van der Waals surface area contributed by atoms with E-state index in [2.05, 4.69) is 60.0 Å². The average Bonchev–Trinajstić information content (AvgIpc) is 3.41. The molecule has 1 saturated heterocycles. The van der Waals surface area contributed by atoms with E-state index in [-0.39, 0.29) is 23.5 Å². The van der Waals surface area contributed by atoms with Gasteiger partial charge in [0, 0.05) is 36.6 Å². The van der Waals surface area contributed by atoms with Gasteiger partial charge in [0.1, 0.15) is 10.7 Å². The Balaban J connectivity index is 0.00000245. The first-order valence-corrected chi connectivity index (χ1v) is 11.9. The molecule has 1 aliphatic rings. The minimum Gasteiger partial charge on any atom is -0.348 e. The van der Waals surface area contributed by atoms with E-state index >= 15 is 0 Å². The molecule has 4 aromatic heterocycles. The van der Waals surface area contributed by atoms with E-state index in [4.69, 9.17) is 9.97 Å². The van der Waals surface area contributed by atoms with Gasteiger partial charge in [-0.05, 0) is 46.6 Å². The Morgan fingerprint density at radius 3 is 2.34 bits per heavy atom. The van der Waals surface area contributed by atoms with Crippen molar-refractivity contribution in [2.75, 3.05) is 11.9 Å². The second-order valence-electron chi connectivity index (χ2n) is 9.40. The number of hydrogen-bond acceptors (Lipinski definition) is 9. The van der Waals surface area contributed by atoms with Gasteiger partial charge in [-0.15, -0.1) is 12.4 Å². The normalized spacial score (nSPS) is 17.9. The number of piperidine rings is 1. The molecule has 32 heavy (non-hydrogen) atoms. The highest BCUT2D eigenvalue weighted by molar-refractivity contribution is 7.29. The van der Waals surface area contributed by atoms with Crippen LogP contribution in [0.4, 0.5) is 5.13 Å². The van der Waals surface area contributed by atoms with E-state index in [1.54, 1.807) is 45.9 Å². The lowest BCUT2D eigenvalue weighted by atomic mass is 9.79. The topological polar surface area (TPSA) is 84.7 Å². The van der Waals surface area contributed by atoms with Crippen LogP contribution in [0.25, 0.3) is 26.2 Å². The first-order chi connectivity index (χ1) is 14.7. The molecule has 0 aromatic carbocycles. The minimum atomic E-state index is 0. The molecular formula is C21H27ClN8S2. The van der Waals surface area contributed by atoms with Crippen molar-refractivity contribution in [3.8, 4) is 16.5 Å². The van der Waals surface area contributed by atoms with Gasteiger partial charge in [0.15, 0.2) is 20.6 Å². The molecule has 1 aliphatic heterocycles. The highest BCUT2D eigenvalue weighted by Gasteiger charge is 2.39. The van der Waals surface area contributed by atoms with Crippen LogP contribution >= 0.6 is 35.1 Å². The first-order valence-electron chi connectivity index (χ1n) is 10.3. The number of aromatic nitrogens is 6. The monoisotopic (exact) mass is 490 g/mol. The number of thiazole rings is 2. The molecule has 0 bridgehead atoms. The van der Waals surface area contributed by atoms with Gasteiger partial charge in [0.25, 0.3) is 0 Å². The van der Waals surface area contributed by atoms with Crippen LogP contribution in [0.5, 0.6) is 0 Å². The van der Waals surface area contributed by atoms with E-state index in [0.717, 1.165) is 38.3 Å². The molecule has 0 radical (unpaired) electrons. The van der Waals surface area contributed by atoms with Gasteiger partial charge >= 0.3 is 0 Å². The largest absolute Gasteiger partial charge is 0.348 e. The Kier molecular flexibility index (Phi) is 6.00. The van der Waals surface area contributed by atoms with Gasteiger partial charge in [0.2, 0.25) is 0 Å². The molecule has 0 amide bonds. The molecule has 170 valence electrons. The summed E-state index contributed by atoms with van der Waals surface area (Å²) in [4.78, 5) is 22.9. The molecule has 0 aliphatic carbocycles. The third-order valence-electron chi connectivity index (χ3n) is 5.58. The van der Waals surface area contributed by atoms with Crippen LogP contribution < -0.4 is 10.2 Å². The van der Waals surface area contributed by atoms with Gasteiger partial charge in [0.05, 0.1) is 12.4 Å². The fourth-order valence-electron chi connectivity index (χ4n) is 4.54. The van der Waals surface area contributed by atoms with E-state index in [1.807, 2.05) is 12.3 Å². The number of anilines is 1. The summed E-state index contributed by atoms with van der Waals surface area (Å²) in [6.45, 7) is 9.12. The third-order valence-corrected chi connectivity index (χ3v) is 7.72. The van der Waals surface area contributed by atoms with Crippen LogP contribution in [-0.2, 0) is 0 Å². The number of nitrogens with zero attached hydrogens (tertiary/aromatic N) is 7. The molecule has 0 saturated carbocycles. The van der Waals surface area contributed by atoms with E-state index in [1.165, 1.54) is 0 Å². The summed E-state index contributed by atoms with van der Waals surface area (Å²) in [6, 6.07) is 2.29. The molecule has 1 N–H and O–H groups in total. The maximum absolute atomic E-state index is 4.91. The van der Waals surface area contributed by atoms with E-state index < -0.39 is 0 Å². The van der Waals surface area contributed by atoms with Crippen molar-refractivity contribution in [2.24, 2.45) is 0 Å². The lowest BCUT2D eigenvalue weighted by molar-refractivity contribution is 0.161. The molecule has 0 spiro atoms. The fourth-order valence-corrected chi connectivity index (χ4v) is 6.58. The third kappa shape index (κ3) is 4.50. The Labute approximate surface area is 201 Å². The second-order valence-corrected chi connectivity index (χ2v) is 11.3. The second kappa shape index (κ2) is 8.33. The lowest BCUT2D eigenvalue weighted by Gasteiger charge is -2.48. The summed E-state index contributed by atoms with van der Waals surface area (Å²) in [5.41, 5.74) is 0.951. The zero-order chi connectivity index (χ0) is 21.8. The standard InChI is InChI=1S/C21H26N8S2.ClH/c1-20(2)9-13(10-21(3,4)27-20)28(5)19-26-18-17(31-19)25-16(30-18)14-11-23-15(12-22-14)29-8-6-7-24-29;/h6-8,11-13,27H,9-10H2,1-5H3;1H. The van der Waals surface area contributed by atoms with Crippen LogP contribution in [0.1, 0.15) is 40.5 Å². The Bertz CT molecular complexity index is 1150. The Morgan fingerprint density at radius 2 is 1.75 bits per heavy atom. The Hall–Kier alpha value is -2.14. The SMILES string of the molecule is CN(c1nc2sc(-c3cnc(-n4cccn4)cn3)nc2s1)C1CC(C)(C)NC(C)(C)C1.Cl. The molecule has 4 aromatic rings. The smallest absolute Gasteiger partial charge is 0.188 e. The van der Waals surface area contributed by atoms with Crippen molar-refractivity contribution < 1.29 is 0 Å². The van der Waals surface area contributed by atoms with Crippen molar-refractivity contribution in [3.63, 3.8) is 0 Å². The molecule has 0 unspecified atom stereocenters. The van der Waals surface area contributed by atoms with Crippen LogP contribution in [0.2, 0.25) is 0 Å². The molecule has 1 fully saturated rings. The number of rotatable bonds is 4. The van der Waals surface area contributed by atoms with Crippen molar-refractivity contribution in [1.82, 2.24) is 35.0 Å². The highest BCUT2D eigenvalue weighted by atomic mass is 35.5. The maximum Gasteiger partial charge on any atom is 0.188 e. The van der Waals surface area contributed by atoms with Gasteiger partial charge in [-0.25, -0.2) is 24.6 Å². The van der Waals surface area contributed by atoms with Gasteiger partial charge in [-0.2, -0.15) is 5.10 Å². The van der Waals surface area contributed by atoms with Crippen molar-refractivity contribution in [2.45, 2.75) is 57.7 Å². The number of fused-ring (bicyclic) bond motifs is 1. The van der Waals surface area contributed by atoms with Crippen molar-refractivity contribution in [1.29, 1.82) is 0 Å². The fraction of sp³-hybridized carbons (Fsp3) is 0.476. The number of hydrogen-bond donors (Lipinski definition) is 1. The molecule has 5 rings (SSSR count). The minimum absolute atomic E-state index is 0. The van der Waals surface area contributed by atoms with Crippen molar-refractivity contribution in [3.05, 3.63) is 30.9 Å². The summed E-state index contributed by atoms with van der Waals surface area (Å²) in [6.07, 6.45) is 9.18. The number of nitrogens with one attached hydrogen (secondary N) is 1. The van der Waals surface area contributed by atoms with Crippen LogP contribution in [0.15, 0.2) is 30.9 Å². The van der Waals surface area contributed by atoms with Crippen molar-refractivity contribution >= 4 is 49.9 Å². The van der Waals surface area contributed by atoms with Gasteiger partial charge in [-0.3, -0.25) is 0 Å². The highest BCUT2D eigenvalue weighted by Crippen LogP contribution is 2.38. The molecular weight excluding hydrogens is 464 g/mol. The average molecular weight is 491 g/mol. The van der Waals surface area contributed by atoms with Crippen LogP contribution in [0, 0.1) is 0 Å². The first kappa shape index (κ1) is 23.0. The summed E-state index contributed by atoms with van der Waals surface area (Å²) >= 11 is 3.21. The Morgan fingerprint density at radius 1 is 1.03 bits per heavy atom. The number of halogens is 1. The molecule has 0 atom stereocenters. The summed E-state index contributed by atoms with van der Waals surface area (Å²) in [5, 5.41) is 9.80. The summed E-state index contributed by atoms with van der Waals surface area (Å²) in [5.74, 6) is 0.682. The summed E-state index contributed by atoms with van der Waals surface area (Å²) < 4.78 is 1.68. The zero-order valence-electron chi connectivity index (χ0n) is 18.7. The van der Waals surface area contributed by atoms with Crippen LogP contribution in [0.3, 0.4) is 0 Å². The predicted octanol–water partition coefficient (Wildman–Crippen LogP) is 4.56. The van der Waals surface area contributed by atoms with E-state index in [9.17, 15) is 0 Å². The maximum atomic E-state index is 4.91. The molecule has 5 heterocycles. The molecule has 8 nitrogen and oxygen atoms in total. The molecule has 11 heteroatoms. The van der Waals surface area contributed by atoms with E-state index in [0.29, 0.717) is 11.9 Å².